The molecule has 0 amide bonds. The summed E-state index contributed by atoms with van der Waals surface area (Å²) in [4.78, 5) is 11.6. The van der Waals surface area contributed by atoms with Crippen LogP contribution in [0.15, 0.2) is 69.9 Å². The first-order chi connectivity index (χ1) is 11.8. The predicted octanol–water partition coefficient (Wildman–Crippen LogP) is 3.39. The van der Waals surface area contributed by atoms with E-state index in [9.17, 15) is 4.79 Å². The largest absolute Gasteiger partial charge is 0.492 e. The van der Waals surface area contributed by atoms with E-state index in [0.29, 0.717) is 17.9 Å². The van der Waals surface area contributed by atoms with E-state index in [1.165, 1.54) is 11.6 Å². The van der Waals surface area contributed by atoms with E-state index in [2.05, 4.69) is 29.6 Å². The average Bonchev–Trinajstić information content (AvgIpc) is 2.61. The van der Waals surface area contributed by atoms with Gasteiger partial charge in [0.05, 0.1) is 18.1 Å². The van der Waals surface area contributed by atoms with E-state index >= 15 is 0 Å². The summed E-state index contributed by atoms with van der Waals surface area (Å²) in [5, 5.41) is 4.24. The van der Waals surface area contributed by atoms with Crippen molar-refractivity contribution in [1.82, 2.24) is 5.32 Å². The molecule has 0 atom stereocenters. The minimum atomic E-state index is -0.385. The van der Waals surface area contributed by atoms with Crippen LogP contribution in [-0.2, 0) is 6.42 Å². The van der Waals surface area contributed by atoms with Crippen LogP contribution < -0.4 is 15.7 Å². The second-order valence-electron chi connectivity index (χ2n) is 5.61. The highest BCUT2D eigenvalue weighted by molar-refractivity contribution is 5.82. The van der Waals surface area contributed by atoms with E-state index in [1.54, 1.807) is 6.07 Å². The van der Waals surface area contributed by atoms with Gasteiger partial charge in [-0.25, -0.2) is 4.79 Å². The second kappa shape index (κ2) is 8.31. The molecule has 3 rings (SSSR count). The molecular weight excluding hydrogens is 302 g/mol. The van der Waals surface area contributed by atoms with E-state index in [4.69, 9.17) is 9.15 Å². The van der Waals surface area contributed by atoms with E-state index in [0.717, 1.165) is 31.3 Å². The molecule has 0 bridgehead atoms. The van der Waals surface area contributed by atoms with E-state index in [-0.39, 0.29) is 5.63 Å². The van der Waals surface area contributed by atoms with Crippen LogP contribution in [0, 0.1) is 0 Å². The zero-order valence-corrected chi connectivity index (χ0v) is 13.5. The summed E-state index contributed by atoms with van der Waals surface area (Å²) < 4.78 is 10.9. The summed E-state index contributed by atoms with van der Waals surface area (Å²) in [5.41, 5.74) is 1.51. The van der Waals surface area contributed by atoms with Gasteiger partial charge >= 0.3 is 5.63 Å². The van der Waals surface area contributed by atoms with Crippen molar-refractivity contribution in [3.63, 3.8) is 0 Å². The van der Waals surface area contributed by atoms with Gasteiger partial charge in [-0.3, -0.25) is 0 Å². The molecule has 0 aliphatic carbocycles. The molecule has 0 unspecified atom stereocenters. The SMILES string of the molecule is O=c1cc(OCCCNCCc2ccccc2)c2ccccc2o1. The molecule has 4 nitrogen and oxygen atoms in total. The Labute approximate surface area is 141 Å². The monoisotopic (exact) mass is 323 g/mol. The van der Waals surface area contributed by atoms with E-state index in [1.807, 2.05) is 24.3 Å². The quantitative estimate of drug-likeness (QED) is 0.510. The summed E-state index contributed by atoms with van der Waals surface area (Å²) in [6.07, 6.45) is 1.90. The summed E-state index contributed by atoms with van der Waals surface area (Å²) in [6, 6.07) is 19.2. The van der Waals surface area contributed by atoms with Crippen molar-refractivity contribution >= 4 is 11.0 Å². The Morgan fingerprint density at radius 2 is 1.75 bits per heavy atom. The number of para-hydroxylation sites is 1. The first kappa shape index (κ1) is 16.3. The minimum absolute atomic E-state index is 0.385. The molecule has 1 heterocycles. The second-order valence-corrected chi connectivity index (χ2v) is 5.61. The molecule has 124 valence electrons. The smallest absolute Gasteiger partial charge is 0.339 e. The Bertz CT molecular complexity index is 827. The van der Waals surface area contributed by atoms with Crippen molar-refractivity contribution in [2.45, 2.75) is 12.8 Å². The lowest BCUT2D eigenvalue weighted by atomic mass is 10.1. The lowest BCUT2D eigenvalue weighted by Crippen LogP contribution is -2.20. The molecule has 4 heteroatoms. The van der Waals surface area contributed by atoms with Gasteiger partial charge in [-0.15, -0.1) is 0 Å². The summed E-state index contributed by atoms with van der Waals surface area (Å²) >= 11 is 0. The molecule has 0 aliphatic rings. The van der Waals surface area contributed by atoms with Gasteiger partial charge in [-0.05, 0) is 43.6 Å². The van der Waals surface area contributed by atoms with Crippen molar-refractivity contribution in [3.8, 4) is 5.75 Å². The molecule has 0 aliphatic heterocycles. The van der Waals surface area contributed by atoms with Gasteiger partial charge in [0.2, 0.25) is 0 Å². The molecule has 2 aromatic carbocycles. The topological polar surface area (TPSA) is 51.5 Å². The van der Waals surface area contributed by atoms with Crippen molar-refractivity contribution in [2.75, 3.05) is 19.7 Å². The lowest BCUT2D eigenvalue weighted by Gasteiger charge is -2.09. The third-order valence-corrected chi connectivity index (χ3v) is 3.80. The van der Waals surface area contributed by atoms with Gasteiger partial charge in [-0.2, -0.15) is 0 Å². The van der Waals surface area contributed by atoms with Gasteiger partial charge in [0, 0.05) is 0 Å². The molecule has 24 heavy (non-hydrogen) atoms. The zero-order chi connectivity index (χ0) is 16.6. The maximum Gasteiger partial charge on any atom is 0.339 e. The Balaban J connectivity index is 1.42. The highest BCUT2D eigenvalue weighted by Gasteiger charge is 2.05. The van der Waals surface area contributed by atoms with Crippen LogP contribution in [0.1, 0.15) is 12.0 Å². The van der Waals surface area contributed by atoms with Crippen molar-refractivity contribution < 1.29 is 9.15 Å². The maximum absolute atomic E-state index is 11.6. The molecule has 3 aromatic rings. The van der Waals surface area contributed by atoms with Gasteiger partial charge in [0.25, 0.3) is 0 Å². The van der Waals surface area contributed by atoms with Gasteiger partial charge in [0.1, 0.15) is 11.3 Å². The highest BCUT2D eigenvalue weighted by Crippen LogP contribution is 2.23. The number of hydrogen-bond acceptors (Lipinski definition) is 4. The van der Waals surface area contributed by atoms with Crippen molar-refractivity contribution in [2.24, 2.45) is 0 Å². The van der Waals surface area contributed by atoms with Crippen LogP contribution >= 0.6 is 0 Å². The lowest BCUT2D eigenvalue weighted by molar-refractivity contribution is 0.309. The normalized spacial score (nSPS) is 10.8. The summed E-state index contributed by atoms with van der Waals surface area (Å²) in [6.45, 7) is 2.39. The van der Waals surface area contributed by atoms with Crippen LogP contribution in [0.25, 0.3) is 11.0 Å². The zero-order valence-electron chi connectivity index (χ0n) is 13.5. The maximum atomic E-state index is 11.6. The van der Waals surface area contributed by atoms with Gasteiger partial charge in [-0.1, -0.05) is 42.5 Å². The average molecular weight is 323 g/mol. The molecule has 0 saturated carbocycles. The van der Waals surface area contributed by atoms with Crippen molar-refractivity contribution in [1.29, 1.82) is 0 Å². The molecule has 0 fully saturated rings. The number of hydrogen-bond donors (Lipinski definition) is 1. The number of nitrogens with one attached hydrogen (secondary N) is 1. The van der Waals surface area contributed by atoms with Crippen LogP contribution in [0.4, 0.5) is 0 Å². The molecular formula is C20H21NO3. The Hall–Kier alpha value is -2.59. The number of ether oxygens (including phenoxy) is 1. The number of benzene rings is 2. The Morgan fingerprint density at radius 3 is 2.62 bits per heavy atom. The fourth-order valence-corrected chi connectivity index (χ4v) is 2.58. The Kier molecular flexibility index (Phi) is 5.64. The van der Waals surface area contributed by atoms with Crippen LogP contribution in [-0.4, -0.2) is 19.7 Å². The molecule has 1 N–H and O–H groups in total. The third-order valence-electron chi connectivity index (χ3n) is 3.80. The predicted molar refractivity (Wildman–Crippen MR) is 95.6 cm³/mol. The van der Waals surface area contributed by atoms with Crippen molar-refractivity contribution in [3.05, 3.63) is 76.6 Å². The van der Waals surface area contributed by atoms with Gasteiger partial charge in [0.15, 0.2) is 0 Å². The van der Waals surface area contributed by atoms with Gasteiger partial charge < -0.3 is 14.5 Å². The fraction of sp³-hybridized carbons (Fsp3) is 0.250. The minimum Gasteiger partial charge on any atom is -0.492 e. The summed E-state index contributed by atoms with van der Waals surface area (Å²) in [7, 11) is 0. The standard InChI is InChI=1S/C20H21NO3/c22-20-15-19(17-9-4-5-10-18(17)24-20)23-14-6-12-21-13-11-16-7-2-1-3-8-16/h1-5,7-10,15,21H,6,11-14H2. The first-order valence-corrected chi connectivity index (χ1v) is 8.23. The molecule has 0 spiro atoms. The Morgan fingerprint density at radius 1 is 0.958 bits per heavy atom. The third kappa shape index (κ3) is 4.46. The summed E-state index contributed by atoms with van der Waals surface area (Å²) in [5.74, 6) is 0.589. The molecule has 0 saturated heterocycles. The molecule has 0 radical (unpaired) electrons. The first-order valence-electron chi connectivity index (χ1n) is 8.23. The molecule has 1 aromatic heterocycles. The van der Waals surface area contributed by atoms with Crippen LogP contribution in [0.5, 0.6) is 5.75 Å². The van der Waals surface area contributed by atoms with Crippen LogP contribution in [0.3, 0.4) is 0 Å². The highest BCUT2D eigenvalue weighted by atomic mass is 16.5. The van der Waals surface area contributed by atoms with Crippen LogP contribution in [0.2, 0.25) is 0 Å². The number of fused-ring (bicyclic) bond motifs is 1. The van der Waals surface area contributed by atoms with E-state index < -0.39 is 0 Å². The number of rotatable bonds is 8. The fourth-order valence-electron chi connectivity index (χ4n) is 2.58.